The Bertz CT molecular complexity index is 613. The van der Waals surface area contributed by atoms with Gasteiger partial charge in [-0.1, -0.05) is 42.5 Å². The predicted molar refractivity (Wildman–Crippen MR) is 70.1 cm³/mol. The molecule has 1 unspecified atom stereocenters. The van der Waals surface area contributed by atoms with Gasteiger partial charge in [-0.15, -0.1) is 0 Å². The number of nitrogens with zero attached hydrogens (tertiary/aromatic N) is 1. The highest BCUT2D eigenvalue weighted by Crippen LogP contribution is 2.26. The van der Waals surface area contributed by atoms with E-state index in [9.17, 15) is 9.90 Å². The zero-order valence-corrected chi connectivity index (χ0v) is 9.58. The van der Waals surface area contributed by atoms with Crippen LogP contribution in [-0.2, 0) is 4.79 Å². The standard InChI is InChI=1S/C13H13N3O2/c14-13(15)16-11(12(17)18)10-7-3-5-8-4-1-2-6-9(8)10/h1-7,11H,(H,17,18)(H4,14,15,16). The highest BCUT2D eigenvalue weighted by Gasteiger charge is 2.20. The summed E-state index contributed by atoms with van der Waals surface area (Å²) in [4.78, 5) is 15.0. The summed E-state index contributed by atoms with van der Waals surface area (Å²) in [7, 11) is 0. The molecule has 0 fully saturated rings. The van der Waals surface area contributed by atoms with E-state index in [-0.39, 0.29) is 5.96 Å². The van der Waals surface area contributed by atoms with Gasteiger partial charge in [0.15, 0.2) is 12.0 Å². The summed E-state index contributed by atoms with van der Waals surface area (Å²) in [5, 5.41) is 11.0. The Labute approximate surface area is 104 Å². The molecule has 0 aliphatic carbocycles. The lowest BCUT2D eigenvalue weighted by Gasteiger charge is -2.11. The summed E-state index contributed by atoms with van der Waals surface area (Å²) in [6.07, 6.45) is 0. The molecule has 0 aromatic heterocycles. The van der Waals surface area contributed by atoms with Crippen molar-refractivity contribution in [1.29, 1.82) is 0 Å². The molecule has 5 N–H and O–H groups in total. The van der Waals surface area contributed by atoms with E-state index in [1.807, 2.05) is 30.3 Å². The van der Waals surface area contributed by atoms with Gasteiger partial charge in [-0.25, -0.2) is 9.79 Å². The number of rotatable bonds is 3. The van der Waals surface area contributed by atoms with Crippen LogP contribution in [-0.4, -0.2) is 17.0 Å². The van der Waals surface area contributed by atoms with Crippen molar-refractivity contribution in [3.05, 3.63) is 48.0 Å². The maximum atomic E-state index is 11.3. The lowest BCUT2D eigenvalue weighted by molar-refractivity contribution is -0.138. The first-order valence-corrected chi connectivity index (χ1v) is 5.39. The molecule has 0 bridgehead atoms. The molecule has 0 heterocycles. The van der Waals surface area contributed by atoms with E-state index in [0.717, 1.165) is 10.8 Å². The average Bonchev–Trinajstić information content (AvgIpc) is 2.35. The number of carboxylic acid groups (broad SMARTS) is 1. The second kappa shape index (κ2) is 4.75. The molecule has 0 saturated heterocycles. The average molecular weight is 243 g/mol. The van der Waals surface area contributed by atoms with Crippen LogP contribution in [0, 0.1) is 0 Å². The van der Waals surface area contributed by atoms with Crippen LogP contribution in [0.5, 0.6) is 0 Å². The monoisotopic (exact) mass is 243 g/mol. The van der Waals surface area contributed by atoms with Gasteiger partial charge in [0.1, 0.15) is 0 Å². The van der Waals surface area contributed by atoms with Crippen molar-refractivity contribution in [2.75, 3.05) is 0 Å². The van der Waals surface area contributed by atoms with Crippen LogP contribution >= 0.6 is 0 Å². The van der Waals surface area contributed by atoms with Crippen molar-refractivity contribution in [3.8, 4) is 0 Å². The van der Waals surface area contributed by atoms with Crippen molar-refractivity contribution in [3.63, 3.8) is 0 Å². The van der Waals surface area contributed by atoms with E-state index < -0.39 is 12.0 Å². The zero-order chi connectivity index (χ0) is 13.1. The number of aliphatic imine (C=N–C) groups is 1. The molecular formula is C13H13N3O2. The number of nitrogens with two attached hydrogens (primary N) is 2. The fraction of sp³-hybridized carbons (Fsp3) is 0.0769. The molecule has 0 spiro atoms. The Balaban J connectivity index is 2.64. The Kier molecular flexibility index (Phi) is 3.14. The minimum absolute atomic E-state index is 0.240. The third kappa shape index (κ3) is 2.24. The summed E-state index contributed by atoms with van der Waals surface area (Å²) in [6.45, 7) is 0. The number of hydrogen-bond acceptors (Lipinski definition) is 2. The van der Waals surface area contributed by atoms with Crippen LogP contribution in [0.15, 0.2) is 47.5 Å². The van der Waals surface area contributed by atoms with E-state index in [2.05, 4.69) is 4.99 Å². The lowest BCUT2D eigenvalue weighted by atomic mass is 9.99. The van der Waals surface area contributed by atoms with Crippen molar-refractivity contribution >= 4 is 22.7 Å². The van der Waals surface area contributed by atoms with Gasteiger partial charge in [-0.3, -0.25) is 0 Å². The van der Waals surface area contributed by atoms with E-state index in [1.165, 1.54) is 0 Å². The highest BCUT2D eigenvalue weighted by molar-refractivity contribution is 5.92. The molecule has 0 aliphatic heterocycles. The minimum Gasteiger partial charge on any atom is -0.479 e. The molecule has 0 aliphatic rings. The van der Waals surface area contributed by atoms with Gasteiger partial charge in [0, 0.05) is 0 Å². The molecule has 2 rings (SSSR count). The lowest BCUT2D eigenvalue weighted by Crippen LogP contribution is -2.25. The third-order valence-electron chi connectivity index (χ3n) is 2.63. The van der Waals surface area contributed by atoms with Crippen molar-refractivity contribution in [2.45, 2.75) is 6.04 Å². The number of hydrogen-bond donors (Lipinski definition) is 3. The molecule has 0 amide bonds. The molecule has 0 saturated carbocycles. The number of guanidine groups is 1. The van der Waals surface area contributed by atoms with Gasteiger partial charge in [0.2, 0.25) is 0 Å². The number of aliphatic carboxylic acids is 1. The smallest absolute Gasteiger partial charge is 0.333 e. The van der Waals surface area contributed by atoms with Gasteiger partial charge in [0.05, 0.1) is 0 Å². The van der Waals surface area contributed by atoms with Crippen LogP contribution < -0.4 is 11.5 Å². The number of benzene rings is 2. The van der Waals surface area contributed by atoms with Crippen molar-refractivity contribution < 1.29 is 9.90 Å². The quantitative estimate of drug-likeness (QED) is 0.557. The van der Waals surface area contributed by atoms with Gasteiger partial charge in [-0.05, 0) is 16.3 Å². The van der Waals surface area contributed by atoms with Gasteiger partial charge in [-0.2, -0.15) is 0 Å². The fourth-order valence-electron chi connectivity index (χ4n) is 1.90. The van der Waals surface area contributed by atoms with E-state index in [4.69, 9.17) is 11.5 Å². The molecule has 2 aromatic rings. The first-order chi connectivity index (χ1) is 8.59. The van der Waals surface area contributed by atoms with Crippen LogP contribution in [0.1, 0.15) is 11.6 Å². The zero-order valence-electron chi connectivity index (χ0n) is 9.58. The van der Waals surface area contributed by atoms with Gasteiger partial charge < -0.3 is 16.6 Å². The summed E-state index contributed by atoms with van der Waals surface area (Å²) in [5.74, 6) is -1.32. The van der Waals surface area contributed by atoms with Gasteiger partial charge in [0.25, 0.3) is 0 Å². The molecule has 92 valence electrons. The first kappa shape index (κ1) is 11.9. The predicted octanol–water partition coefficient (Wildman–Crippen LogP) is 1.24. The van der Waals surface area contributed by atoms with Crippen molar-refractivity contribution in [1.82, 2.24) is 0 Å². The molecule has 0 radical (unpaired) electrons. The molecule has 2 aromatic carbocycles. The normalized spacial score (nSPS) is 12.0. The second-order valence-corrected chi connectivity index (χ2v) is 3.86. The van der Waals surface area contributed by atoms with Crippen LogP contribution in [0.3, 0.4) is 0 Å². The van der Waals surface area contributed by atoms with Crippen LogP contribution in [0.25, 0.3) is 10.8 Å². The first-order valence-electron chi connectivity index (χ1n) is 5.39. The molecule has 5 nitrogen and oxygen atoms in total. The summed E-state index contributed by atoms with van der Waals surface area (Å²) < 4.78 is 0. The van der Waals surface area contributed by atoms with E-state index >= 15 is 0 Å². The SMILES string of the molecule is NC(N)=NC(C(=O)O)c1cccc2ccccc12. The van der Waals surface area contributed by atoms with Crippen molar-refractivity contribution in [2.24, 2.45) is 16.5 Å². The Morgan fingerprint density at radius 3 is 2.44 bits per heavy atom. The summed E-state index contributed by atoms with van der Waals surface area (Å²) in [6, 6.07) is 11.8. The highest BCUT2D eigenvalue weighted by atomic mass is 16.4. The molecule has 1 atom stereocenters. The fourth-order valence-corrected chi connectivity index (χ4v) is 1.90. The summed E-state index contributed by atoms with van der Waals surface area (Å²) in [5.41, 5.74) is 11.1. The van der Waals surface area contributed by atoms with Gasteiger partial charge >= 0.3 is 5.97 Å². The largest absolute Gasteiger partial charge is 0.479 e. The Morgan fingerprint density at radius 2 is 1.78 bits per heavy atom. The topological polar surface area (TPSA) is 102 Å². The second-order valence-electron chi connectivity index (χ2n) is 3.86. The van der Waals surface area contributed by atoms with Crippen LogP contribution in [0.2, 0.25) is 0 Å². The van der Waals surface area contributed by atoms with Crippen LogP contribution in [0.4, 0.5) is 0 Å². The molecule has 5 heteroatoms. The van der Waals surface area contributed by atoms with E-state index in [1.54, 1.807) is 12.1 Å². The Morgan fingerprint density at radius 1 is 1.11 bits per heavy atom. The minimum atomic E-state index is -1.08. The number of carbonyl (C=O) groups is 1. The van der Waals surface area contributed by atoms with E-state index in [0.29, 0.717) is 5.56 Å². The number of fused-ring (bicyclic) bond motifs is 1. The summed E-state index contributed by atoms with van der Waals surface area (Å²) >= 11 is 0. The third-order valence-corrected chi connectivity index (χ3v) is 2.63. The maximum Gasteiger partial charge on any atom is 0.333 e. The number of carboxylic acids is 1. The molecular weight excluding hydrogens is 230 g/mol. The maximum absolute atomic E-state index is 11.3. The molecule has 18 heavy (non-hydrogen) atoms. The Hall–Kier alpha value is -2.56.